The summed E-state index contributed by atoms with van der Waals surface area (Å²) >= 11 is 3.23. The number of carbonyl (C=O) groups excluding carboxylic acids is 1. The van der Waals surface area contributed by atoms with Gasteiger partial charge in [0.2, 0.25) is 0 Å². The highest BCUT2D eigenvalue weighted by Crippen LogP contribution is 2.28. The lowest BCUT2D eigenvalue weighted by Gasteiger charge is -2.19. The van der Waals surface area contributed by atoms with Gasteiger partial charge in [-0.25, -0.2) is 0 Å². The summed E-state index contributed by atoms with van der Waals surface area (Å²) in [6.07, 6.45) is 2.20. The molecule has 2 atom stereocenters. The molecule has 2 saturated heterocycles. The highest BCUT2D eigenvalue weighted by Gasteiger charge is 2.32. The van der Waals surface area contributed by atoms with E-state index in [9.17, 15) is 4.79 Å². The molecule has 2 aliphatic heterocycles. The Bertz CT molecular complexity index is 438. The Hall–Kier alpha value is -0.520. The Labute approximate surface area is 127 Å². The van der Waals surface area contributed by atoms with Crippen molar-refractivity contribution in [2.75, 3.05) is 26.2 Å². The topological polar surface area (TPSA) is 45.5 Å². The summed E-state index contributed by atoms with van der Waals surface area (Å²) < 4.78 is 5.96. The molecule has 1 N–H and O–H groups in total. The SMILES string of the molecule is Cl.O=C(c1ccc(Br)o1)N1CC[C@@H]2CNC[C@@H]2CC1. The third kappa shape index (κ3) is 3.15. The Kier molecular flexibility index (Phi) is 4.92. The molecule has 1 aromatic rings. The Balaban J connectivity index is 0.00000133. The molecule has 3 heterocycles. The van der Waals surface area contributed by atoms with Crippen LogP contribution in [-0.4, -0.2) is 37.0 Å². The number of hydrogen-bond donors (Lipinski definition) is 1. The van der Waals surface area contributed by atoms with Crippen LogP contribution in [0.3, 0.4) is 0 Å². The molecular weight excluding hydrogens is 332 g/mol. The third-order valence-electron chi connectivity index (χ3n) is 4.09. The van der Waals surface area contributed by atoms with E-state index in [-0.39, 0.29) is 18.3 Å². The molecule has 4 nitrogen and oxygen atoms in total. The maximum absolute atomic E-state index is 12.3. The van der Waals surface area contributed by atoms with Crippen LogP contribution >= 0.6 is 28.3 Å². The van der Waals surface area contributed by atoms with Crippen LogP contribution in [0.1, 0.15) is 23.4 Å². The number of likely N-dealkylation sites (tertiary alicyclic amines) is 1. The number of amides is 1. The minimum Gasteiger partial charge on any atom is -0.444 e. The Morgan fingerprint density at radius 3 is 2.42 bits per heavy atom. The second-order valence-electron chi connectivity index (χ2n) is 5.15. The number of furan rings is 1. The zero-order valence-corrected chi connectivity index (χ0v) is 13.0. The first-order chi connectivity index (χ1) is 8.74. The summed E-state index contributed by atoms with van der Waals surface area (Å²) in [6.45, 7) is 3.91. The van der Waals surface area contributed by atoms with E-state index >= 15 is 0 Å². The monoisotopic (exact) mass is 348 g/mol. The second-order valence-corrected chi connectivity index (χ2v) is 5.93. The van der Waals surface area contributed by atoms with E-state index in [4.69, 9.17) is 4.42 Å². The van der Waals surface area contributed by atoms with E-state index in [0.717, 1.165) is 50.9 Å². The lowest BCUT2D eigenvalue weighted by molar-refractivity contribution is 0.0725. The van der Waals surface area contributed by atoms with E-state index in [1.165, 1.54) is 0 Å². The lowest BCUT2D eigenvalue weighted by atomic mass is 9.92. The first-order valence-corrected chi connectivity index (χ1v) is 7.28. The van der Waals surface area contributed by atoms with Crippen molar-refractivity contribution in [1.29, 1.82) is 0 Å². The van der Waals surface area contributed by atoms with Crippen LogP contribution in [0.25, 0.3) is 0 Å². The summed E-state index contributed by atoms with van der Waals surface area (Å²) in [5, 5.41) is 3.44. The van der Waals surface area contributed by atoms with Gasteiger partial charge in [-0.1, -0.05) is 0 Å². The molecule has 0 unspecified atom stereocenters. The van der Waals surface area contributed by atoms with Gasteiger partial charge in [-0.05, 0) is 65.8 Å². The molecule has 6 heteroatoms. The van der Waals surface area contributed by atoms with Crippen molar-refractivity contribution in [2.45, 2.75) is 12.8 Å². The van der Waals surface area contributed by atoms with Crippen molar-refractivity contribution in [2.24, 2.45) is 11.8 Å². The molecule has 0 radical (unpaired) electrons. The van der Waals surface area contributed by atoms with Gasteiger partial charge in [-0.2, -0.15) is 0 Å². The molecule has 1 amide bonds. The number of nitrogens with one attached hydrogen (secondary N) is 1. The van der Waals surface area contributed by atoms with Gasteiger partial charge < -0.3 is 14.6 Å². The second kappa shape index (κ2) is 6.29. The van der Waals surface area contributed by atoms with Crippen LogP contribution < -0.4 is 5.32 Å². The van der Waals surface area contributed by atoms with Gasteiger partial charge in [0.05, 0.1) is 0 Å². The number of rotatable bonds is 1. The maximum Gasteiger partial charge on any atom is 0.289 e. The molecule has 19 heavy (non-hydrogen) atoms. The van der Waals surface area contributed by atoms with Crippen LogP contribution in [0.5, 0.6) is 0 Å². The fourth-order valence-corrected chi connectivity index (χ4v) is 3.31. The largest absolute Gasteiger partial charge is 0.444 e. The minimum atomic E-state index is 0. The van der Waals surface area contributed by atoms with Crippen molar-refractivity contribution in [3.05, 3.63) is 22.6 Å². The van der Waals surface area contributed by atoms with Crippen molar-refractivity contribution < 1.29 is 9.21 Å². The molecular formula is C13H18BrClN2O2. The molecule has 2 aliphatic rings. The van der Waals surface area contributed by atoms with Crippen LogP contribution in [0.4, 0.5) is 0 Å². The van der Waals surface area contributed by atoms with Crippen LogP contribution in [-0.2, 0) is 0 Å². The van der Waals surface area contributed by atoms with Gasteiger partial charge in [0.15, 0.2) is 10.4 Å². The fourth-order valence-electron chi connectivity index (χ4n) is 3.01. The standard InChI is InChI=1S/C13H17BrN2O2.ClH/c14-12-2-1-11(18-12)13(17)16-5-3-9-7-15-8-10(9)4-6-16;/h1-2,9-10,15H,3-8H2;1H/t9-,10+;. The van der Waals surface area contributed by atoms with Crippen molar-refractivity contribution in [3.63, 3.8) is 0 Å². The van der Waals surface area contributed by atoms with Gasteiger partial charge in [0, 0.05) is 13.1 Å². The van der Waals surface area contributed by atoms with Gasteiger partial charge >= 0.3 is 0 Å². The first kappa shape index (κ1) is 14.9. The van der Waals surface area contributed by atoms with Crippen molar-refractivity contribution in [1.82, 2.24) is 10.2 Å². The number of fused-ring (bicyclic) bond motifs is 1. The molecule has 1 aromatic heterocycles. The van der Waals surface area contributed by atoms with E-state index in [1.807, 2.05) is 4.90 Å². The molecule has 3 rings (SSSR count). The summed E-state index contributed by atoms with van der Waals surface area (Å²) in [5.41, 5.74) is 0. The molecule has 0 spiro atoms. The lowest BCUT2D eigenvalue weighted by Crippen LogP contribution is -2.32. The quantitative estimate of drug-likeness (QED) is 0.847. The van der Waals surface area contributed by atoms with Gasteiger partial charge in [0.25, 0.3) is 5.91 Å². The van der Waals surface area contributed by atoms with E-state index in [1.54, 1.807) is 12.1 Å². The van der Waals surface area contributed by atoms with Gasteiger partial charge in [0.1, 0.15) is 0 Å². The predicted molar refractivity (Wildman–Crippen MR) is 78.6 cm³/mol. The zero-order valence-electron chi connectivity index (χ0n) is 10.6. The maximum atomic E-state index is 12.3. The van der Waals surface area contributed by atoms with Crippen molar-refractivity contribution in [3.8, 4) is 0 Å². The van der Waals surface area contributed by atoms with Crippen LogP contribution in [0, 0.1) is 11.8 Å². The van der Waals surface area contributed by atoms with Crippen LogP contribution in [0.15, 0.2) is 21.2 Å². The summed E-state index contributed by atoms with van der Waals surface area (Å²) in [4.78, 5) is 14.2. The van der Waals surface area contributed by atoms with Gasteiger partial charge in [-0.3, -0.25) is 4.79 Å². The average Bonchev–Trinajstić information content (AvgIpc) is 2.94. The number of nitrogens with zero attached hydrogens (tertiary/aromatic N) is 1. The number of halogens is 2. The predicted octanol–water partition coefficient (Wildman–Crippen LogP) is 2.54. The molecule has 0 bridgehead atoms. The smallest absolute Gasteiger partial charge is 0.289 e. The molecule has 2 fully saturated rings. The highest BCUT2D eigenvalue weighted by atomic mass is 79.9. The van der Waals surface area contributed by atoms with Crippen LogP contribution in [0.2, 0.25) is 0 Å². The molecule has 106 valence electrons. The molecule has 0 aliphatic carbocycles. The molecule has 0 aromatic carbocycles. The van der Waals surface area contributed by atoms with E-state index < -0.39 is 0 Å². The third-order valence-corrected chi connectivity index (χ3v) is 4.52. The number of carbonyl (C=O) groups is 1. The summed E-state index contributed by atoms with van der Waals surface area (Å²) in [6, 6.07) is 3.50. The summed E-state index contributed by atoms with van der Waals surface area (Å²) in [5.74, 6) is 1.94. The zero-order chi connectivity index (χ0) is 12.5. The number of hydrogen-bond acceptors (Lipinski definition) is 3. The minimum absolute atomic E-state index is 0. The highest BCUT2D eigenvalue weighted by molar-refractivity contribution is 9.10. The Morgan fingerprint density at radius 2 is 1.89 bits per heavy atom. The fraction of sp³-hybridized carbons (Fsp3) is 0.615. The van der Waals surface area contributed by atoms with E-state index in [0.29, 0.717) is 10.4 Å². The molecule has 0 saturated carbocycles. The average molecular weight is 350 g/mol. The van der Waals surface area contributed by atoms with Crippen molar-refractivity contribution >= 4 is 34.2 Å². The first-order valence-electron chi connectivity index (χ1n) is 6.49. The van der Waals surface area contributed by atoms with Gasteiger partial charge in [-0.15, -0.1) is 12.4 Å². The normalized spacial score (nSPS) is 26.5. The summed E-state index contributed by atoms with van der Waals surface area (Å²) in [7, 11) is 0. The Morgan fingerprint density at radius 1 is 1.26 bits per heavy atom. The van der Waals surface area contributed by atoms with E-state index in [2.05, 4.69) is 21.2 Å².